The summed E-state index contributed by atoms with van der Waals surface area (Å²) < 4.78 is 5.05. The standard InChI is InChI=1S/C12H12N2O3/c1-8-11(6-13-14-8)9-2-4-10(5-3-9)17-7-12(15)16/h2-6H,7H2,1H3,(H,13,14)(H,15,16). The van der Waals surface area contributed by atoms with E-state index in [0.29, 0.717) is 5.75 Å². The van der Waals surface area contributed by atoms with Crippen LogP contribution in [0.1, 0.15) is 5.69 Å². The van der Waals surface area contributed by atoms with Crippen molar-refractivity contribution in [2.75, 3.05) is 6.61 Å². The Morgan fingerprint density at radius 3 is 2.65 bits per heavy atom. The minimum atomic E-state index is -0.986. The molecular weight excluding hydrogens is 220 g/mol. The molecule has 0 radical (unpaired) electrons. The number of nitrogens with zero attached hydrogens (tertiary/aromatic N) is 1. The third-order valence-electron chi connectivity index (χ3n) is 2.36. The summed E-state index contributed by atoms with van der Waals surface area (Å²) in [5, 5.41) is 15.3. The van der Waals surface area contributed by atoms with Gasteiger partial charge in [-0.1, -0.05) is 12.1 Å². The van der Waals surface area contributed by atoms with Crippen LogP contribution in [-0.2, 0) is 4.79 Å². The predicted molar refractivity (Wildman–Crippen MR) is 61.9 cm³/mol. The highest BCUT2D eigenvalue weighted by Gasteiger charge is 2.04. The normalized spacial score (nSPS) is 10.2. The second-order valence-electron chi connectivity index (χ2n) is 3.62. The Labute approximate surface area is 98.0 Å². The lowest BCUT2D eigenvalue weighted by atomic mass is 10.1. The van der Waals surface area contributed by atoms with Gasteiger partial charge in [-0.15, -0.1) is 0 Å². The highest BCUT2D eigenvalue weighted by atomic mass is 16.5. The number of aryl methyl sites for hydroxylation is 1. The molecule has 0 aliphatic rings. The maximum Gasteiger partial charge on any atom is 0.341 e. The Hall–Kier alpha value is -2.30. The summed E-state index contributed by atoms with van der Waals surface area (Å²) in [7, 11) is 0. The maximum atomic E-state index is 10.3. The van der Waals surface area contributed by atoms with E-state index in [1.165, 1.54) is 0 Å². The number of hydrogen-bond donors (Lipinski definition) is 2. The second-order valence-corrected chi connectivity index (χ2v) is 3.62. The summed E-state index contributed by atoms with van der Waals surface area (Å²) in [6, 6.07) is 7.22. The van der Waals surface area contributed by atoms with Crippen LogP contribution in [0.25, 0.3) is 11.1 Å². The summed E-state index contributed by atoms with van der Waals surface area (Å²) >= 11 is 0. The average Bonchev–Trinajstić information content (AvgIpc) is 2.73. The fourth-order valence-electron chi connectivity index (χ4n) is 1.52. The maximum absolute atomic E-state index is 10.3. The molecule has 0 fully saturated rings. The zero-order valence-electron chi connectivity index (χ0n) is 9.30. The molecule has 0 spiro atoms. The molecule has 2 N–H and O–H groups in total. The van der Waals surface area contributed by atoms with Gasteiger partial charge in [-0.25, -0.2) is 4.79 Å². The fraction of sp³-hybridized carbons (Fsp3) is 0.167. The van der Waals surface area contributed by atoms with E-state index >= 15 is 0 Å². The van der Waals surface area contributed by atoms with E-state index in [1.54, 1.807) is 18.3 Å². The Morgan fingerprint density at radius 1 is 1.41 bits per heavy atom. The van der Waals surface area contributed by atoms with Gasteiger partial charge in [-0.2, -0.15) is 5.10 Å². The first-order valence-corrected chi connectivity index (χ1v) is 5.12. The Bertz CT molecular complexity index is 517. The fourth-order valence-corrected chi connectivity index (χ4v) is 1.52. The van der Waals surface area contributed by atoms with Crippen molar-refractivity contribution in [1.29, 1.82) is 0 Å². The number of benzene rings is 1. The zero-order valence-corrected chi connectivity index (χ0v) is 9.30. The van der Waals surface area contributed by atoms with Gasteiger partial charge >= 0.3 is 5.97 Å². The average molecular weight is 232 g/mol. The summed E-state index contributed by atoms with van der Waals surface area (Å²) in [5.41, 5.74) is 3.03. The van der Waals surface area contributed by atoms with E-state index in [1.807, 2.05) is 19.1 Å². The van der Waals surface area contributed by atoms with Crippen molar-refractivity contribution in [2.24, 2.45) is 0 Å². The van der Waals surface area contributed by atoms with Gasteiger partial charge in [0, 0.05) is 11.3 Å². The molecule has 0 aliphatic heterocycles. The molecule has 1 heterocycles. The van der Waals surface area contributed by atoms with Crippen molar-refractivity contribution in [1.82, 2.24) is 10.2 Å². The van der Waals surface area contributed by atoms with E-state index in [-0.39, 0.29) is 6.61 Å². The van der Waals surface area contributed by atoms with E-state index in [0.717, 1.165) is 16.8 Å². The van der Waals surface area contributed by atoms with Crippen LogP contribution in [0.4, 0.5) is 0 Å². The number of H-pyrrole nitrogens is 1. The molecule has 0 amide bonds. The van der Waals surface area contributed by atoms with Crippen molar-refractivity contribution in [2.45, 2.75) is 6.92 Å². The lowest BCUT2D eigenvalue weighted by Gasteiger charge is -2.04. The lowest BCUT2D eigenvalue weighted by molar-refractivity contribution is -0.139. The van der Waals surface area contributed by atoms with Gasteiger partial charge in [0.25, 0.3) is 0 Å². The number of carboxylic acid groups (broad SMARTS) is 1. The van der Waals surface area contributed by atoms with Crippen molar-refractivity contribution in [3.8, 4) is 16.9 Å². The minimum absolute atomic E-state index is 0.329. The highest BCUT2D eigenvalue weighted by molar-refractivity contribution is 5.69. The number of hydrogen-bond acceptors (Lipinski definition) is 3. The number of nitrogens with one attached hydrogen (secondary N) is 1. The Kier molecular flexibility index (Phi) is 3.09. The van der Waals surface area contributed by atoms with E-state index in [2.05, 4.69) is 10.2 Å². The molecule has 0 aliphatic carbocycles. The molecule has 88 valence electrons. The molecule has 2 rings (SSSR count). The first-order valence-electron chi connectivity index (χ1n) is 5.12. The number of carboxylic acids is 1. The number of carbonyl (C=O) groups is 1. The summed E-state index contributed by atoms with van der Waals surface area (Å²) in [6.07, 6.45) is 1.75. The monoisotopic (exact) mass is 232 g/mol. The molecule has 0 unspecified atom stereocenters. The van der Waals surface area contributed by atoms with Crippen LogP contribution >= 0.6 is 0 Å². The SMILES string of the molecule is Cc1[nH]ncc1-c1ccc(OCC(=O)O)cc1. The first kappa shape index (κ1) is 11.2. The van der Waals surface area contributed by atoms with E-state index in [4.69, 9.17) is 9.84 Å². The number of aromatic nitrogens is 2. The quantitative estimate of drug-likeness (QED) is 0.843. The topological polar surface area (TPSA) is 75.2 Å². The molecule has 0 saturated heterocycles. The van der Waals surface area contributed by atoms with Gasteiger partial charge in [-0.3, -0.25) is 5.10 Å². The van der Waals surface area contributed by atoms with Gasteiger partial charge < -0.3 is 9.84 Å². The van der Waals surface area contributed by atoms with Crippen LogP contribution in [-0.4, -0.2) is 27.9 Å². The number of aromatic amines is 1. The number of rotatable bonds is 4. The third kappa shape index (κ3) is 2.63. The van der Waals surface area contributed by atoms with Crippen LogP contribution < -0.4 is 4.74 Å². The summed E-state index contributed by atoms with van der Waals surface area (Å²) in [5.74, 6) is -0.447. The van der Waals surface area contributed by atoms with Gasteiger partial charge in [0.15, 0.2) is 6.61 Å². The summed E-state index contributed by atoms with van der Waals surface area (Å²) in [4.78, 5) is 10.3. The van der Waals surface area contributed by atoms with Crippen LogP contribution in [0.5, 0.6) is 5.75 Å². The molecule has 17 heavy (non-hydrogen) atoms. The van der Waals surface area contributed by atoms with Crippen molar-refractivity contribution in [3.63, 3.8) is 0 Å². The van der Waals surface area contributed by atoms with E-state index < -0.39 is 5.97 Å². The van der Waals surface area contributed by atoms with Crippen molar-refractivity contribution >= 4 is 5.97 Å². The van der Waals surface area contributed by atoms with Crippen LogP contribution in [0.15, 0.2) is 30.5 Å². The predicted octanol–water partition coefficient (Wildman–Crippen LogP) is 1.85. The third-order valence-corrected chi connectivity index (χ3v) is 2.36. The second kappa shape index (κ2) is 4.69. The van der Waals surface area contributed by atoms with Gasteiger partial charge in [-0.05, 0) is 24.6 Å². The molecule has 5 nitrogen and oxygen atoms in total. The molecule has 1 aromatic heterocycles. The van der Waals surface area contributed by atoms with Crippen molar-refractivity contribution in [3.05, 3.63) is 36.2 Å². The van der Waals surface area contributed by atoms with Crippen LogP contribution in [0, 0.1) is 6.92 Å². The Morgan fingerprint density at radius 2 is 2.12 bits per heavy atom. The zero-order chi connectivity index (χ0) is 12.3. The minimum Gasteiger partial charge on any atom is -0.482 e. The molecule has 0 bridgehead atoms. The van der Waals surface area contributed by atoms with Gasteiger partial charge in [0.1, 0.15) is 5.75 Å². The molecule has 0 saturated carbocycles. The molecule has 1 aromatic carbocycles. The highest BCUT2D eigenvalue weighted by Crippen LogP contribution is 2.23. The molecule has 0 atom stereocenters. The smallest absolute Gasteiger partial charge is 0.341 e. The lowest BCUT2D eigenvalue weighted by Crippen LogP contribution is -2.09. The summed E-state index contributed by atoms with van der Waals surface area (Å²) in [6.45, 7) is 1.61. The van der Waals surface area contributed by atoms with Crippen LogP contribution in [0.3, 0.4) is 0 Å². The first-order chi connectivity index (χ1) is 8.16. The molecule has 5 heteroatoms. The van der Waals surface area contributed by atoms with Gasteiger partial charge in [0.2, 0.25) is 0 Å². The Balaban J connectivity index is 2.13. The number of ether oxygens (including phenoxy) is 1. The molecule has 2 aromatic rings. The van der Waals surface area contributed by atoms with Gasteiger partial charge in [0.05, 0.1) is 6.20 Å². The van der Waals surface area contributed by atoms with Crippen molar-refractivity contribution < 1.29 is 14.6 Å². The number of aliphatic carboxylic acids is 1. The largest absolute Gasteiger partial charge is 0.482 e. The van der Waals surface area contributed by atoms with E-state index in [9.17, 15) is 4.79 Å². The van der Waals surface area contributed by atoms with Crippen LogP contribution in [0.2, 0.25) is 0 Å². The molecular formula is C12H12N2O3.